The molecule has 3 aliphatic rings. The Morgan fingerprint density at radius 2 is 1.84 bits per heavy atom. The normalized spacial score (nSPS) is 29.5. The van der Waals surface area contributed by atoms with E-state index in [-0.39, 0.29) is 5.41 Å². The molecule has 1 amide bonds. The lowest BCUT2D eigenvalue weighted by molar-refractivity contribution is -0.153. The van der Waals surface area contributed by atoms with E-state index in [9.17, 15) is 4.79 Å². The first-order valence-electron chi connectivity index (χ1n) is 12.9. The molecule has 3 fully saturated rings. The summed E-state index contributed by atoms with van der Waals surface area (Å²) < 4.78 is 0. The number of carbonyl (C=O) groups excluding carboxylic acids is 1. The standard InChI is InChI=1S/C29H42N2O/c1-3-5-6-7-8-12-15-28(32)31-21-25-16-17-26-19-27(25)29(23-31,18-4-2)22-30(26)20-24-13-10-9-11-14-24/h3-4,9-11,13-14,25-27H,1-2,5-8,12,15-23H2/t25-,26-,27-,29+/m1/s1. The van der Waals surface area contributed by atoms with Gasteiger partial charge in [0.25, 0.3) is 0 Å². The second kappa shape index (κ2) is 10.8. The number of nitrogens with zero attached hydrogens (tertiary/aromatic N) is 2. The third kappa shape index (κ3) is 5.20. The minimum absolute atomic E-state index is 0.177. The summed E-state index contributed by atoms with van der Waals surface area (Å²) in [4.78, 5) is 18.2. The van der Waals surface area contributed by atoms with Crippen molar-refractivity contribution in [1.82, 2.24) is 9.80 Å². The molecule has 0 spiro atoms. The van der Waals surface area contributed by atoms with Crippen LogP contribution in [0.1, 0.15) is 69.8 Å². The number of fused-ring (bicyclic) bond motifs is 1. The highest BCUT2D eigenvalue weighted by Gasteiger charge is 2.55. The fourth-order valence-electron chi connectivity index (χ4n) is 6.89. The fourth-order valence-corrected chi connectivity index (χ4v) is 6.89. The van der Waals surface area contributed by atoms with Crippen molar-refractivity contribution >= 4 is 5.91 Å². The van der Waals surface area contributed by atoms with E-state index in [0.29, 0.717) is 24.3 Å². The van der Waals surface area contributed by atoms with Crippen LogP contribution in [-0.2, 0) is 11.3 Å². The SMILES string of the molecule is C=CCCCCCCC(=O)N1C[C@H]2CC[C@@H]3C[C@H]2[C@](CC=C)(C1)CN3Cc1ccccc1. The summed E-state index contributed by atoms with van der Waals surface area (Å²) >= 11 is 0. The highest BCUT2D eigenvalue weighted by molar-refractivity contribution is 5.76. The van der Waals surface area contributed by atoms with Crippen molar-refractivity contribution in [3.05, 3.63) is 61.2 Å². The Bertz CT molecular complexity index is 775. The van der Waals surface area contributed by atoms with Crippen LogP contribution in [0.5, 0.6) is 0 Å². The zero-order chi connectivity index (χ0) is 22.4. The Labute approximate surface area is 195 Å². The third-order valence-corrected chi connectivity index (χ3v) is 8.43. The van der Waals surface area contributed by atoms with Crippen LogP contribution in [0.15, 0.2) is 55.6 Å². The van der Waals surface area contributed by atoms with Gasteiger partial charge in [-0.1, -0.05) is 55.3 Å². The molecule has 3 nitrogen and oxygen atoms in total. The number of hydrogen-bond donors (Lipinski definition) is 0. The molecule has 0 aromatic heterocycles. The molecular weight excluding hydrogens is 392 g/mol. The average molecular weight is 435 g/mol. The van der Waals surface area contributed by atoms with Gasteiger partial charge in [0.1, 0.15) is 0 Å². The molecule has 2 aliphatic heterocycles. The summed E-state index contributed by atoms with van der Waals surface area (Å²) in [5, 5.41) is 0. The Kier molecular flexibility index (Phi) is 7.88. The lowest BCUT2D eigenvalue weighted by Crippen LogP contribution is -2.65. The van der Waals surface area contributed by atoms with Gasteiger partial charge in [0.15, 0.2) is 0 Å². The lowest BCUT2D eigenvalue weighted by Gasteiger charge is -2.61. The molecule has 32 heavy (non-hydrogen) atoms. The van der Waals surface area contributed by atoms with Gasteiger partial charge in [-0.25, -0.2) is 0 Å². The summed E-state index contributed by atoms with van der Waals surface area (Å²) in [6.07, 6.45) is 15.4. The van der Waals surface area contributed by atoms with Gasteiger partial charge in [0.05, 0.1) is 0 Å². The maximum Gasteiger partial charge on any atom is 0.222 e. The van der Waals surface area contributed by atoms with Crippen molar-refractivity contribution < 1.29 is 4.79 Å². The maximum absolute atomic E-state index is 13.2. The van der Waals surface area contributed by atoms with Gasteiger partial charge in [-0.05, 0) is 62.3 Å². The molecule has 0 N–H and O–H groups in total. The number of allylic oxidation sites excluding steroid dienone is 2. The van der Waals surface area contributed by atoms with Crippen LogP contribution < -0.4 is 0 Å². The van der Waals surface area contributed by atoms with Crippen LogP contribution >= 0.6 is 0 Å². The number of carbonyl (C=O) groups is 1. The highest BCUT2D eigenvalue weighted by Crippen LogP contribution is 2.53. The number of unbranched alkanes of at least 4 members (excludes halogenated alkanes) is 4. The minimum atomic E-state index is 0.177. The lowest BCUT2D eigenvalue weighted by atomic mass is 9.56. The molecule has 1 aromatic carbocycles. The van der Waals surface area contributed by atoms with Crippen molar-refractivity contribution in [2.75, 3.05) is 19.6 Å². The molecular formula is C29H42N2O. The first-order valence-corrected chi connectivity index (χ1v) is 12.9. The molecule has 174 valence electrons. The zero-order valence-electron chi connectivity index (χ0n) is 19.9. The molecule has 3 heteroatoms. The van der Waals surface area contributed by atoms with E-state index in [1.807, 2.05) is 6.08 Å². The van der Waals surface area contributed by atoms with Crippen molar-refractivity contribution in [3.63, 3.8) is 0 Å². The van der Waals surface area contributed by atoms with Crippen LogP contribution in [0, 0.1) is 17.3 Å². The molecule has 2 bridgehead atoms. The summed E-state index contributed by atoms with van der Waals surface area (Å²) in [5.74, 6) is 1.81. The van der Waals surface area contributed by atoms with Gasteiger partial charge in [-0.2, -0.15) is 0 Å². The van der Waals surface area contributed by atoms with E-state index in [0.717, 1.165) is 57.8 Å². The predicted molar refractivity (Wildman–Crippen MR) is 133 cm³/mol. The molecule has 2 saturated heterocycles. The molecule has 1 aliphatic carbocycles. The highest BCUT2D eigenvalue weighted by atomic mass is 16.2. The van der Waals surface area contributed by atoms with Crippen LogP contribution in [0.3, 0.4) is 0 Å². The third-order valence-electron chi connectivity index (χ3n) is 8.43. The van der Waals surface area contributed by atoms with Gasteiger partial charge in [0.2, 0.25) is 5.91 Å². The smallest absolute Gasteiger partial charge is 0.222 e. The quantitative estimate of drug-likeness (QED) is 0.305. The van der Waals surface area contributed by atoms with E-state index in [1.54, 1.807) is 0 Å². The number of rotatable bonds is 11. The molecule has 0 radical (unpaired) electrons. The molecule has 1 aromatic rings. The van der Waals surface area contributed by atoms with E-state index in [2.05, 4.69) is 59.4 Å². The Morgan fingerprint density at radius 3 is 2.62 bits per heavy atom. The Morgan fingerprint density at radius 1 is 1.03 bits per heavy atom. The van der Waals surface area contributed by atoms with Crippen LogP contribution in [-0.4, -0.2) is 41.4 Å². The van der Waals surface area contributed by atoms with Crippen LogP contribution in [0.25, 0.3) is 0 Å². The first-order chi connectivity index (χ1) is 15.6. The van der Waals surface area contributed by atoms with E-state index in [1.165, 1.54) is 37.7 Å². The van der Waals surface area contributed by atoms with Gasteiger partial charge in [0, 0.05) is 44.1 Å². The monoisotopic (exact) mass is 434 g/mol. The number of hydrogen-bond acceptors (Lipinski definition) is 2. The van der Waals surface area contributed by atoms with Crippen LogP contribution in [0.2, 0.25) is 0 Å². The molecule has 4 atom stereocenters. The van der Waals surface area contributed by atoms with Crippen molar-refractivity contribution in [2.24, 2.45) is 17.3 Å². The largest absolute Gasteiger partial charge is 0.342 e. The Balaban J connectivity index is 1.43. The van der Waals surface area contributed by atoms with Crippen LogP contribution in [0.4, 0.5) is 0 Å². The maximum atomic E-state index is 13.2. The molecule has 4 rings (SSSR count). The number of amides is 1. The van der Waals surface area contributed by atoms with E-state index >= 15 is 0 Å². The van der Waals surface area contributed by atoms with Crippen molar-refractivity contribution in [1.29, 1.82) is 0 Å². The second-order valence-corrected chi connectivity index (χ2v) is 10.6. The Hall–Kier alpha value is -1.87. The summed E-state index contributed by atoms with van der Waals surface area (Å²) in [7, 11) is 0. The number of benzene rings is 1. The number of piperidine rings is 2. The topological polar surface area (TPSA) is 23.6 Å². The van der Waals surface area contributed by atoms with Gasteiger partial charge in [-0.15, -0.1) is 13.2 Å². The number of likely N-dealkylation sites (tertiary alicyclic amines) is 2. The average Bonchev–Trinajstić information content (AvgIpc) is 2.81. The van der Waals surface area contributed by atoms with Crippen molar-refractivity contribution in [3.8, 4) is 0 Å². The van der Waals surface area contributed by atoms with Gasteiger partial charge >= 0.3 is 0 Å². The van der Waals surface area contributed by atoms with E-state index < -0.39 is 0 Å². The van der Waals surface area contributed by atoms with Gasteiger partial charge < -0.3 is 4.90 Å². The zero-order valence-corrected chi connectivity index (χ0v) is 19.9. The van der Waals surface area contributed by atoms with Crippen molar-refractivity contribution in [2.45, 2.75) is 76.8 Å². The molecule has 2 heterocycles. The molecule has 1 saturated carbocycles. The predicted octanol–water partition coefficient (Wildman–Crippen LogP) is 6.22. The fraction of sp³-hybridized carbons (Fsp3) is 0.621. The summed E-state index contributed by atoms with van der Waals surface area (Å²) in [6.45, 7) is 12.0. The molecule has 0 unspecified atom stereocenters. The van der Waals surface area contributed by atoms with Gasteiger partial charge in [-0.3, -0.25) is 9.69 Å². The summed E-state index contributed by atoms with van der Waals surface area (Å²) in [6, 6.07) is 11.6. The second-order valence-electron chi connectivity index (χ2n) is 10.6. The summed E-state index contributed by atoms with van der Waals surface area (Å²) in [5.41, 5.74) is 1.58. The van der Waals surface area contributed by atoms with E-state index in [4.69, 9.17) is 0 Å². The minimum Gasteiger partial charge on any atom is -0.342 e. The first kappa shape index (κ1) is 23.3.